The van der Waals surface area contributed by atoms with Crippen LogP contribution in [-0.4, -0.2) is 104 Å². The van der Waals surface area contributed by atoms with Gasteiger partial charge in [-0.1, -0.05) is 26.2 Å². The minimum Gasteiger partial charge on any atom is -0.396 e. The lowest BCUT2D eigenvalue weighted by Gasteiger charge is -2.22. The van der Waals surface area contributed by atoms with Gasteiger partial charge in [0, 0.05) is 46.2 Å². The van der Waals surface area contributed by atoms with Crippen molar-refractivity contribution in [3.05, 3.63) is 0 Å². The van der Waals surface area contributed by atoms with Crippen LogP contribution in [0.2, 0.25) is 0 Å². The number of rotatable bonds is 26. The van der Waals surface area contributed by atoms with Crippen LogP contribution in [0.4, 0.5) is 0 Å². The van der Waals surface area contributed by atoms with E-state index in [1.807, 2.05) is 0 Å². The third-order valence-electron chi connectivity index (χ3n) is 6.58. The topological polar surface area (TPSA) is 94.1 Å². The molecule has 2 unspecified atom stereocenters. The molecule has 0 aliphatic carbocycles. The largest absolute Gasteiger partial charge is 0.396 e. The van der Waals surface area contributed by atoms with Crippen molar-refractivity contribution in [2.45, 2.75) is 116 Å². The Hall–Kier alpha value is -0.360. The van der Waals surface area contributed by atoms with Crippen LogP contribution in [0.25, 0.3) is 0 Å². The molecule has 2 aliphatic rings. The van der Waals surface area contributed by atoms with Crippen LogP contribution in [0.5, 0.6) is 0 Å². The first-order chi connectivity index (χ1) is 19.9. The van der Waals surface area contributed by atoms with Crippen molar-refractivity contribution in [3.8, 4) is 0 Å². The molecule has 0 amide bonds. The van der Waals surface area contributed by atoms with Crippen LogP contribution in [0.15, 0.2) is 0 Å². The standard InChI is InChI=1S/C16H32O4.C15H30O5/c1-2-3-4-6-10-17-14-15-18-11-8-13-20-16-9-5-7-12-19-16;16-8-3-1-4-9-17-13-14-18-10-6-12-20-15-7-2-5-11-19-15/h16H,2-15H2,1H3;15-16H,1-14H2. The van der Waals surface area contributed by atoms with Gasteiger partial charge in [0.05, 0.1) is 39.6 Å². The van der Waals surface area contributed by atoms with E-state index in [0.717, 1.165) is 91.0 Å². The van der Waals surface area contributed by atoms with E-state index in [1.165, 1.54) is 44.9 Å². The van der Waals surface area contributed by atoms with Crippen LogP contribution in [0.1, 0.15) is 103 Å². The number of ether oxygens (including phenoxy) is 8. The Morgan fingerprint density at radius 3 is 1.35 bits per heavy atom. The molecular formula is C31H62O9. The summed E-state index contributed by atoms with van der Waals surface area (Å²) >= 11 is 0. The highest BCUT2D eigenvalue weighted by Gasteiger charge is 2.14. The lowest BCUT2D eigenvalue weighted by molar-refractivity contribution is -0.164. The van der Waals surface area contributed by atoms with Crippen molar-refractivity contribution in [1.29, 1.82) is 0 Å². The molecule has 0 aromatic carbocycles. The molecule has 2 saturated heterocycles. The minimum absolute atomic E-state index is 0.00556. The summed E-state index contributed by atoms with van der Waals surface area (Å²) in [6.45, 7) is 11.3. The lowest BCUT2D eigenvalue weighted by atomic mass is 10.2. The van der Waals surface area contributed by atoms with Crippen LogP contribution in [0, 0.1) is 0 Å². The normalized spacial score (nSPS) is 19.4. The van der Waals surface area contributed by atoms with E-state index >= 15 is 0 Å². The Labute approximate surface area is 244 Å². The molecule has 240 valence electrons. The molecule has 2 aliphatic heterocycles. The number of hydrogen-bond donors (Lipinski definition) is 1. The van der Waals surface area contributed by atoms with Crippen molar-refractivity contribution in [1.82, 2.24) is 0 Å². The molecule has 0 aromatic heterocycles. The second-order valence-electron chi connectivity index (χ2n) is 10.3. The Morgan fingerprint density at radius 2 is 0.950 bits per heavy atom. The van der Waals surface area contributed by atoms with Gasteiger partial charge in [-0.15, -0.1) is 0 Å². The average Bonchev–Trinajstić information content (AvgIpc) is 3.00. The Morgan fingerprint density at radius 1 is 0.500 bits per heavy atom. The van der Waals surface area contributed by atoms with Gasteiger partial charge in [-0.05, 0) is 77.0 Å². The molecule has 1 N–H and O–H groups in total. The first-order valence-corrected chi connectivity index (χ1v) is 16.2. The van der Waals surface area contributed by atoms with E-state index in [-0.39, 0.29) is 19.2 Å². The van der Waals surface area contributed by atoms with E-state index in [0.29, 0.717) is 39.6 Å². The molecule has 2 fully saturated rings. The summed E-state index contributed by atoms with van der Waals surface area (Å²) in [7, 11) is 0. The van der Waals surface area contributed by atoms with Crippen molar-refractivity contribution >= 4 is 0 Å². The summed E-state index contributed by atoms with van der Waals surface area (Å²) in [5.74, 6) is 0. The highest BCUT2D eigenvalue weighted by molar-refractivity contribution is 4.55. The number of aliphatic hydroxyl groups is 1. The Bertz CT molecular complexity index is 430. The van der Waals surface area contributed by atoms with Crippen molar-refractivity contribution in [2.24, 2.45) is 0 Å². The van der Waals surface area contributed by atoms with Crippen molar-refractivity contribution < 1.29 is 43.0 Å². The van der Waals surface area contributed by atoms with E-state index in [2.05, 4.69) is 6.92 Å². The van der Waals surface area contributed by atoms with Gasteiger partial charge in [0.25, 0.3) is 0 Å². The van der Waals surface area contributed by atoms with Crippen LogP contribution >= 0.6 is 0 Å². The molecule has 2 heterocycles. The van der Waals surface area contributed by atoms with Crippen LogP contribution < -0.4 is 0 Å². The summed E-state index contributed by atoms with van der Waals surface area (Å²) < 4.78 is 44.1. The second-order valence-corrected chi connectivity index (χ2v) is 10.3. The summed E-state index contributed by atoms with van der Waals surface area (Å²) in [6, 6.07) is 0. The molecular weight excluding hydrogens is 516 g/mol. The van der Waals surface area contributed by atoms with Gasteiger partial charge >= 0.3 is 0 Å². The fraction of sp³-hybridized carbons (Fsp3) is 1.00. The quantitative estimate of drug-likeness (QED) is 0.131. The molecule has 40 heavy (non-hydrogen) atoms. The van der Waals surface area contributed by atoms with Gasteiger partial charge in [-0.2, -0.15) is 0 Å². The Balaban J connectivity index is 0.000000400. The Kier molecular flexibility index (Phi) is 29.7. The predicted octanol–water partition coefficient (Wildman–Crippen LogP) is 5.65. The summed E-state index contributed by atoms with van der Waals surface area (Å²) in [4.78, 5) is 0. The molecule has 9 nitrogen and oxygen atoms in total. The summed E-state index contributed by atoms with van der Waals surface area (Å²) in [6.07, 6.45) is 16.6. The van der Waals surface area contributed by atoms with Gasteiger partial charge < -0.3 is 43.0 Å². The van der Waals surface area contributed by atoms with E-state index < -0.39 is 0 Å². The second kappa shape index (κ2) is 31.6. The van der Waals surface area contributed by atoms with Gasteiger partial charge in [0.15, 0.2) is 12.6 Å². The van der Waals surface area contributed by atoms with E-state index in [1.54, 1.807) is 0 Å². The summed E-state index contributed by atoms with van der Waals surface area (Å²) in [5.41, 5.74) is 0. The molecule has 0 spiro atoms. The van der Waals surface area contributed by atoms with Crippen LogP contribution in [0.3, 0.4) is 0 Å². The molecule has 2 atom stereocenters. The molecule has 0 aromatic rings. The number of unbranched alkanes of at least 4 members (excludes halogenated alkanes) is 5. The highest BCUT2D eigenvalue weighted by Crippen LogP contribution is 2.14. The maximum atomic E-state index is 8.61. The van der Waals surface area contributed by atoms with Crippen molar-refractivity contribution in [3.63, 3.8) is 0 Å². The maximum absolute atomic E-state index is 8.61. The number of hydrogen-bond acceptors (Lipinski definition) is 9. The van der Waals surface area contributed by atoms with Crippen LogP contribution in [-0.2, 0) is 37.9 Å². The van der Waals surface area contributed by atoms with E-state index in [9.17, 15) is 0 Å². The third-order valence-corrected chi connectivity index (χ3v) is 6.58. The van der Waals surface area contributed by atoms with Crippen molar-refractivity contribution in [2.75, 3.05) is 85.9 Å². The molecule has 0 radical (unpaired) electrons. The zero-order chi connectivity index (χ0) is 28.6. The van der Waals surface area contributed by atoms with Gasteiger partial charge in [-0.3, -0.25) is 0 Å². The fourth-order valence-electron chi connectivity index (χ4n) is 4.20. The lowest BCUT2D eigenvalue weighted by Crippen LogP contribution is -2.23. The average molecular weight is 579 g/mol. The minimum atomic E-state index is 0.00556. The molecule has 2 rings (SSSR count). The SMILES string of the molecule is CCCCCCOCCOCCCOC1CCCCO1.OCCCCCOCCOCCCOC1CCCCO1. The molecule has 0 saturated carbocycles. The zero-order valence-corrected chi connectivity index (χ0v) is 25.7. The maximum Gasteiger partial charge on any atom is 0.157 e. The van der Waals surface area contributed by atoms with Gasteiger partial charge in [0.2, 0.25) is 0 Å². The smallest absolute Gasteiger partial charge is 0.157 e. The molecule has 9 heteroatoms. The van der Waals surface area contributed by atoms with Gasteiger partial charge in [-0.25, -0.2) is 0 Å². The van der Waals surface area contributed by atoms with E-state index in [4.69, 9.17) is 43.0 Å². The predicted molar refractivity (Wildman–Crippen MR) is 157 cm³/mol. The third kappa shape index (κ3) is 26.5. The van der Waals surface area contributed by atoms with Gasteiger partial charge in [0.1, 0.15) is 0 Å². The number of aliphatic hydroxyl groups excluding tert-OH is 1. The highest BCUT2D eigenvalue weighted by atomic mass is 16.7. The first kappa shape index (κ1) is 37.7. The summed E-state index contributed by atoms with van der Waals surface area (Å²) in [5, 5.41) is 8.61. The fourth-order valence-corrected chi connectivity index (χ4v) is 4.20. The first-order valence-electron chi connectivity index (χ1n) is 16.2. The molecule has 0 bridgehead atoms. The zero-order valence-electron chi connectivity index (χ0n) is 25.7. The monoisotopic (exact) mass is 578 g/mol.